The van der Waals surface area contributed by atoms with Crippen LogP contribution in [0.25, 0.3) is 0 Å². The highest BCUT2D eigenvalue weighted by Crippen LogP contribution is 2.08. The Morgan fingerprint density at radius 1 is 1.31 bits per heavy atom. The average Bonchev–Trinajstić information content (AvgIpc) is 2.16. The molecule has 70 valence electrons. The molecule has 0 bridgehead atoms. The van der Waals surface area contributed by atoms with Crippen LogP contribution < -0.4 is 4.65 Å². The second-order valence-electron chi connectivity index (χ2n) is 2.61. The summed E-state index contributed by atoms with van der Waals surface area (Å²) in [5.74, 6) is 0.603. The highest BCUT2D eigenvalue weighted by atomic mass is 16.7. The molecule has 0 aliphatic heterocycles. The van der Waals surface area contributed by atoms with Gasteiger partial charge in [0.15, 0.2) is 0 Å². The molecule has 0 spiro atoms. The second-order valence-corrected chi connectivity index (χ2v) is 2.61. The van der Waals surface area contributed by atoms with Crippen LogP contribution in [-0.2, 0) is 4.65 Å². The van der Waals surface area contributed by atoms with Crippen molar-refractivity contribution < 1.29 is 14.3 Å². The lowest BCUT2D eigenvalue weighted by atomic mass is 10.2. The number of hydrogen-bond acceptors (Lipinski definition) is 3. The zero-order valence-electron chi connectivity index (χ0n) is 7.64. The van der Waals surface area contributed by atoms with Gasteiger partial charge in [-0.3, -0.25) is 0 Å². The molecule has 0 unspecified atom stereocenters. The molecule has 0 saturated heterocycles. The summed E-state index contributed by atoms with van der Waals surface area (Å²) in [4.78, 5) is 0. The van der Waals surface area contributed by atoms with Crippen LogP contribution in [0, 0.1) is 0 Å². The quantitative estimate of drug-likeness (QED) is 0.697. The summed E-state index contributed by atoms with van der Waals surface area (Å²) in [6.45, 7) is 2.46. The van der Waals surface area contributed by atoms with E-state index >= 15 is 0 Å². The molecular weight excluding hydrogens is 167 g/mol. The van der Waals surface area contributed by atoms with E-state index < -0.39 is 7.32 Å². The molecule has 3 nitrogen and oxygen atoms in total. The Morgan fingerprint density at radius 2 is 2.00 bits per heavy atom. The Hall–Kier alpha value is -0.995. The summed E-state index contributed by atoms with van der Waals surface area (Å²) < 4.78 is 9.98. The van der Waals surface area contributed by atoms with Gasteiger partial charge in [0, 0.05) is 6.61 Å². The van der Waals surface area contributed by atoms with Crippen LogP contribution >= 0.6 is 0 Å². The zero-order valence-corrected chi connectivity index (χ0v) is 7.64. The van der Waals surface area contributed by atoms with Gasteiger partial charge >= 0.3 is 7.32 Å². The number of hydrogen-bond donors (Lipinski definition) is 1. The maximum absolute atomic E-state index is 9.19. The molecule has 0 saturated carbocycles. The molecule has 0 aromatic heterocycles. The lowest BCUT2D eigenvalue weighted by Gasteiger charge is -2.08. The Morgan fingerprint density at radius 3 is 2.62 bits per heavy atom. The van der Waals surface area contributed by atoms with Crippen LogP contribution in [0.4, 0.5) is 0 Å². The van der Waals surface area contributed by atoms with Gasteiger partial charge in [0.1, 0.15) is 5.75 Å². The van der Waals surface area contributed by atoms with Gasteiger partial charge in [0.25, 0.3) is 0 Å². The minimum absolute atomic E-state index is 0.494. The maximum Gasteiger partial charge on any atom is 0.710 e. The van der Waals surface area contributed by atoms with Crippen molar-refractivity contribution >= 4 is 7.32 Å². The minimum atomic E-state index is -1.16. The van der Waals surface area contributed by atoms with Crippen LogP contribution in [0.15, 0.2) is 30.3 Å². The predicted molar refractivity (Wildman–Crippen MR) is 51.3 cm³/mol. The third-order valence-electron chi connectivity index (χ3n) is 1.44. The standard InChI is InChI=1S/C9H13BO3/c1-2-8-12-10(11)13-9-6-4-3-5-7-9/h3-7,11H,2,8H2,1H3. The molecule has 0 fully saturated rings. The van der Waals surface area contributed by atoms with Gasteiger partial charge in [0.05, 0.1) is 0 Å². The van der Waals surface area contributed by atoms with Crippen molar-refractivity contribution in [3.05, 3.63) is 30.3 Å². The van der Waals surface area contributed by atoms with Crippen LogP contribution in [0.1, 0.15) is 13.3 Å². The molecule has 0 radical (unpaired) electrons. The fourth-order valence-electron chi connectivity index (χ4n) is 0.868. The van der Waals surface area contributed by atoms with Gasteiger partial charge in [0.2, 0.25) is 0 Å². The lowest BCUT2D eigenvalue weighted by Crippen LogP contribution is -2.26. The highest BCUT2D eigenvalue weighted by Gasteiger charge is 2.16. The highest BCUT2D eigenvalue weighted by molar-refractivity contribution is 6.35. The van der Waals surface area contributed by atoms with Crippen LogP contribution in [0.5, 0.6) is 5.75 Å². The van der Waals surface area contributed by atoms with Crippen LogP contribution in [0.3, 0.4) is 0 Å². The lowest BCUT2D eigenvalue weighted by molar-refractivity contribution is 0.194. The molecule has 1 aromatic carbocycles. The van der Waals surface area contributed by atoms with Crippen molar-refractivity contribution in [2.45, 2.75) is 13.3 Å². The molecule has 0 aliphatic carbocycles. The first-order valence-corrected chi connectivity index (χ1v) is 4.34. The van der Waals surface area contributed by atoms with Crippen molar-refractivity contribution in [3.8, 4) is 5.75 Å². The molecule has 4 heteroatoms. The van der Waals surface area contributed by atoms with E-state index in [9.17, 15) is 5.02 Å². The first kappa shape index (κ1) is 10.1. The van der Waals surface area contributed by atoms with Gasteiger partial charge in [-0.05, 0) is 18.6 Å². The monoisotopic (exact) mass is 180 g/mol. The fourth-order valence-corrected chi connectivity index (χ4v) is 0.868. The predicted octanol–water partition coefficient (Wildman–Crippen LogP) is 1.47. The summed E-state index contributed by atoms with van der Waals surface area (Å²) in [5, 5.41) is 9.19. The molecule has 0 atom stereocenters. The fraction of sp³-hybridized carbons (Fsp3) is 0.333. The summed E-state index contributed by atoms with van der Waals surface area (Å²) >= 11 is 0. The first-order chi connectivity index (χ1) is 6.33. The van der Waals surface area contributed by atoms with Crippen molar-refractivity contribution in [2.24, 2.45) is 0 Å². The summed E-state index contributed by atoms with van der Waals surface area (Å²) in [6, 6.07) is 9.08. The Bertz CT molecular complexity index is 228. The van der Waals surface area contributed by atoms with Gasteiger partial charge in [-0.2, -0.15) is 0 Å². The van der Waals surface area contributed by atoms with Crippen molar-refractivity contribution in [2.75, 3.05) is 6.61 Å². The molecule has 13 heavy (non-hydrogen) atoms. The first-order valence-electron chi connectivity index (χ1n) is 4.34. The normalized spacial score (nSPS) is 9.69. The average molecular weight is 180 g/mol. The van der Waals surface area contributed by atoms with E-state index in [-0.39, 0.29) is 0 Å². The van der Waals surface area contributed by atoms with E-state index in [1.807, 2.05) is 25.1 Å². The molecule has 0 aliphatic rings. The van der Waals surface area contributed by atoms with E-state index in [4.69, 9.17) is 9.31 Å². The largest absolute Gasteiger partial charge is 0.710 e. The minimum Gasteiger partial charge on any atom is -0.512 e. The van der Waals surface area contributed by atoms with Gasteiger partial charge in [-0.15, -0.1) is 0 Å². The van der Waals surface area contributed by atoms with Crippen LogP contribution in [-0.4, -0.2) is 19.0 Å². The SMILES string of the molecule is CCCOB(O)Oc1ccccc1. The van der Waals surface area contributed by atoms with Crippen molar-refractivity contribution in [1.82, 2.24) is 0 Å². The summed E-state index contributed by atoms with van der Waals surface area (Å²) in [7, 11) is -1.16. The summed E-state index contributed by atoms with van der Waals surface area (Å²) in [5.41, 5.74) is 0. The third kappa shape index (κ3) is 3.96. The molecular formula is C9H13BO3. The molecule has 0 amide bonds. The van der Waals surface area contributed by atoms with E-state index in [2.05, 4.69) is 0 Å². The van der Waals surface area contributed by atoms with E-state index in [0.717, 1.165) is 6.42 Å². The van der Waals surface area contributed by atoms with E-state index in [1.54, 1.807) is 12.1 Å². The van der Waals surface area contributed by atoms with Crippen LogP contribution in [0.2, 0.25) is 0 Å². The van der Waals surface area contributed by atoms with Crippen molar-refractivity contribution in [3.63, 3.8) is 0 Å². The van der Waals surface area contributed by atoms with Crippen molar-refractivity contribution in [1.29, 1.82) is 0 Å². The Balaban J connectivity index is 2.32. The molecule has 1 aromatic rings. The number of para-hydroxylation sites is 1. The Labute approximate surface area is 78.5 Å². The second kappa shape index (κ2) is 5.62. The number of rotatable bonds is 5. The summed E-state index contributed by atoms with van der Waals surface area (Å²) in [6.07, 6.45) is 0.856. The van der Waals surface area contributed by atoms with E-state index in [0.29, 0.717) is 12.4 Å². The van der Waals surface area contributed by atoms with Gasteiger partial charge in [-0.1, -0.05) is 25.1 Å². The number of benzene rings is 1. The topological polar surface area (TPSA) is 38.7 Å². The Kier molecular flexibility index (Phi) is 4.36. The molecule has 1 rings (SSSR count). The zero-order chi connectivity index (χ0) is 9.52. The van der Waals surface area contributed by atoms with E-state index in [1.165, 1.54) is 0 Å². The molecule has 0 heterocycles. The smallest absolute Gasteiger partial charge is 0.512 e. The maximum atomic E-state index is 9.19. The third-order valence-corrected chi connectivity index (χ3v) is 1.44. The van der Waals surface area contributed by atoms with Gasteiger partial charge < -0.3 is 14.3 Å². The molecule has 1 N–H and O–H groups in total. The van der Waals surface area contributed by atoms with Gasteiger partial charge in [-0.25, -0.2) is 0 Å².